The van der Waals surface area contributed by atoms with E-state index in [0.29, 0.717) is 12.2 Å². The summed E-state index contributed by atoms with van der Waals surface area (Å²) >= 11 is 0. The van der Waals surface area contributed by atoms with Gasteiger partial charge in [-0.25, -0.2) is 8.78 Å². The summed E-state index contributed by atoms with van der Waals surface area (Å²) in [6, 6.07) is 10.6. The van der Waals surface area contributed by atoms with Crippen LogP contribution in [0.1, 0.15) is 22.8 Å². The van der Waals surface area contributed by atoms with E-state index in [0.717, 1.165) is 11.6 Å². The van der Waals surface area contributed by atoms with Crippen LogP contribution < -0.4 is 0 Å². The van der Waals surface area contributed by atoms with Crippen molar-refractivity contribution in [1.29, 1.82) is 0 Å². The fourth-order valence-electron chi connectivity index (χ4n) is 2.07. The fourth-order valence-corrected chi connectivity index (χ4v) is 2.07. The van der Waals surface area contributed by atoms with E-state index in [-0.39, 0.29) is 12.0 Å². The number of hydrogen-bond donors (Lipinski definition) is 1. The minimum Gasteiger partial charge on any atom is -0.388 e. The molecule has 2 aromatic rings. The van der Waals surface area contributed by atoms with Gasteiger partial charge < -0.3 is 9.84 Å². The van der Waals surface area contributed by atoms with Crippen molar-refractivity contribution in [2.45, 2.75) is 19.1 Å². The average Bonchev–Trinajstić information content (AvgIpc) is 2.42. The molecule has 2 rings (SSSR count). The first kappa shape index (κ1) is 14.6. The normalized spacial score (nSPS) is 12.4. The maximum Gasteiger partial charge on any atom is 0.129 e. The molecule has 0 saturated carbocycles. The van der Waals surface area contributed by atoms with Crippen LogP contribution in [0.4, 0.5) is 8.78 Å². The monoisotopic (exact) mass is 278 g/mol. The highest BCUT2D eigenvalue weighted by atomic mass is 19.1. The van der Waals surface area contributed by atoms with Gasteiger partial charge in [0.05, 0.1) is 12.7 Å². The van der Waals surface area contributed by atoms with Crippen molar-refractivity contribution in [3.05, 3.63) is 70.8 Å². The zero-order valence-corrected chi connectivity index (χ0v) is 11.1. The van der Waals surface area contributed by atoms with Gasteiger partial charge >= 0.3 is 0 Å². The molecule has 0 aliphatic heterocycles. The number of hydrogen-bond acceptors (Lipinski definition) is 2. The zero-order valence-electron chi connectivity index (χ0n) is 11.1. The lowest BCUT2D eigenvalue weighted by Gasteiger charge is -2.13. The molecule has 0 aliphatic carbocycles. The largest absolute Gasteiger partial charge is 0.388 e. The molecule has 0 spiro atoms. The Balaban J connectivity index is 2.15. The molecule has 2 nitrogen and oxygen atoms in total. The van der Waals surface area contributed by atoms with Crippen LogP contribution in [-0.2, 0) is 17.8 Å². The lowest BCUT2D eigenvalue weighted by molar-refractivity contribution is 0.174. The predicted molar refractivity (Wildman–Crippen MR) is 72.2 cm³/mol. The van der Waals surface area contributed by atoms with Gasteiger partial charge in [0.1, 0.15) is 11.6 Å². The smallest absolute Gasteiger partial charge is 0.129 e. The van der Waals surface area contributed by atoms with E-state index >= 15 is 0 Å². The van der Waals surface area contributed by atoms with E-state index in [2.05, 4.69) is 0 Å². The molecule has 20 heavy (non-hydrogen) atoms. The molecule has 106 valence electrons. The van der Waals surface area contributed by atoms with Gasteiger partial charge in [-0.1, -0.05) is 30.3 Å². The number of halogens is 2. The van der Waals surface area contributed by atoms with Gasteiger partial charge in [-0.15, -0.1) is 0 Å². The number of aliphatic hydroxyl groups is 1. The third-order valence-corrected chi connectivity index (χ3v) is 3.08. The molecule has 0 radical (unpaired) electrons. The quantitative estimate of drug-likeness (QED) is 0.908. The third kappa shape index (κ3) is 3.62. The van der Waals surface area contributed by atoms with Crippen LogP contribution in [0.25, 0.3) is 0 Å². The average molecular weight is 278 g/mol. The molecule has 1 N–H and O–H groups in total. The van der Waals surface area contributed by atoms with Crippen molar-refractivity contribution in [1.82, 2.24) is 0 Å². The Labute approximate surface area is 116 Å². The Morgan fingerprint density at radius 2 is 1.95 bits per heavy atom. The fraction of sp³-hybridized carbons (Fsp3) is 0.250. The Morgan fingerprint density at radius 3 is 2.65 bits per heavy atom. The van der Waals surface area contributed by atoms with E-state index < -0.39 is 17.7 Å². The summed E-state index contributed by atoms with van der Waals surface area (Å²) in [5.41, 5.74) is 1.91. The molecule has 0 amide bonds. The first-order valence-corrected chi connectivity index (χ1v) is 6.30. The topological polar surface area (TPSA) is 29.5 Å². The summed E-state index contributed by atoms with van der Waals surface area (Å²) in [6.07, 6.45) is -0.741. The Morgan fingerprint density at radius 1 is 1.15 bits per heavy atom. The second kappa shape index (κ2) is 6.59. The standard InChI is InChI=1S/C16H16F2O2/c1-20-10-11-3-2-4-13(7-11)16(19)8-12-5-6-14(17)9-15(12)18/h2-7,9,16,19H,8,10H2,1H3. The number of ether oxygens (including phenoxy) is 1. The summed E-state index contributed by atoms with van der Waals surface area (Å²) in [5, 5.41) is 10.2. The lowest BCUT2D eigenvalue weighted by Crippen LogP contribution is -2.04. The highest BCUT2D eigenvalue weighted by Gasteiger charge is 2.12. The van der Waals surface area contributed by atoms with Gasteiger partial charge in [0.2, 0.25) is 0 Å². The molecule has 4 heteroatoms. The van der Waals surface area contributed by atoms with Crippen molar-refractivity contribution in [2.24, 2.45) is 0 Å². The summed E-state index contributed by atoms with van der Waals surface area (Å²) in [7, 11) is 1.59. The lowest BCUT2D eigenvalue weighted by atomic mass is 9.99. The molecule has 2 aromatic carbocycles. The molecule has 0 fully saturated rings. The molecule has 1 atom stereocenters. The highest BCUT2D eigenvalue weighted by Crippen LogP contribution is 2.21. The number of aliphatic hydroxyl groups excluding tert-OH is 1. The number of methoxy groups -OCH3 is 1. The Kier molecular flexibility index (Phi) is 4.82. The minimum atomic E-state index is -0.841. The van der Waals surface area contributed by atoms with Gasteiger partial charge in [-0.2, -0.15) is 0 Å². The number of rotatable bonds is 5. The molecule has 0 aromatic heterocycles. The van der Waals surface area contributed by atoms with E-state index in [1.165, 1.54) is 12.1 Å². The highest BCUT2D eigenvalue weighted by molar-refractivity contribution is 5.27. The van der Waals surface area contributed by atoms with E-state index in [4.69, 9.17) is 4.74 Å². The van der Waals surface area contributed by atoms with Crippen molar-refractivity contribution in [2.75, 3.05) is 7.11 Å². The molecule has 0 aliphatic rings. The molecular weight excluding hydrogens is 262 g/mol. The summed E-state index contributed by atoms with van der Waals surface area (Å²) in [6.45, 7) is 0.450. The van der Waals surface area contributed by atoms with Crippen molar-refractivity contribution < 1.29 is 18.6 Å². The van der Waals surface area contributed by atoms with E-state index in [9.17, 15) is 13.9 Å². The molecule has 0 bridgehead atoms. The third-order valence-electron chi connectivity index (χ3n) is 3.08. The predicted octanol–water partition coefficient (Wildman–Crippen LogP) is 3.39. The molecular formula is C16H16F2O2. The van der Waals surface area contributed by atoms with E-state index in [1.807, 2.05) is 18.2 Å². The molecule has 0 heterocycles. The maximum atomic E-state index is 13.6. The van der Waals surface area contributed by atoms with Crippen LogP contribution in [0, 0.1) is 11.6 Å². The minimum absolute atomic E-state index is 0.0998. The molecule has 0 saturated heterocycles. The first-order chi connectivity index (χ1) is 9.60. The number of benzene rings is 2. The van der Waals surface area contributed by atoms with Crippen LogP contribution in [0.5, 0.6) is 0 Å². The van der Waals surface area contributed by atoms with E-state index in [1.54, 1.807) is 13.2 Å². The Bertz CT molecular complexity index is 584. The summed E-state index contributed by atoms with van der Waals surface area (Å²) in [4.78, 5) is 0. The van der Waals surface area contributed by atoms with Crippen molar-refractivity contribution in [3.8, 4) is 0 Å². The van der Waals surface area contributed by atoms with Gasteiger partial charge in [0, 0.05) is 19.6 Å². The van der Waals surface area contributed by atoms with Gasteiger partial charge in [-0.3, -0.25) is 0 Å². The van der Waals surface area contributed by atoms with Crippen LogP contribution in [0.3, 0.4) is 0 Å². The van der Waals surface area contributed by atoms with Gasteiger partial charge in [0.15, 0.2) is 0 Å². The molecule has 1 unspecified atom stereocenters. The Hall–Kier alpha value is -1.78. The van der Waals surface area contributed by atoms with Crippen LogP contribution in [-0.4, -0.2) is 12.2 Å². The second-order valence-corrected chi connectivity index (χ2v) is 4.63. The summed E-state index contributed by atoms with van der Waals surface area (Å²) in [5.74, 6) is -1.26. The van der Waals surface area contributed by atoms with Gasteiger partial charge in [-0.05, 0) is 22.8 Å². The van der Waals surface area contributed by atoms with Crippen LogP contribution in [0.15, 0.2) is 42.5 Å². The maximum absolute atomic E-state index is 13.6. The van der Waals surface area contributed by atoms with Gasteiger partial charge in [0.25, 0.3) is 0 Å². The first-order valence-electron chi connectivity index (χ1n) is 6.30. The van der Waals surface area contributed by atoms with Crippen LogP contribution >= 0.6 is 0 Å². The SMILES string of the molecule is COCc1cccc(C(O)Cc2ccc(F)cc2F)c1. The van der Waals surface area contributed by atoms with Crippen molar-refractivity contribution in [3.63, 3.8) is 0 Å². The summed E-state index contributed by atoms with van der Waals surface area (Å²) < 4.78 is 31.4. The van der Waals surface area contributed by atoms with Crippen molar-refractivity contribution >= 4 is 0 Å². The second-order valence-electron chi connectivity index (χ2n) is 4.63. The zero-order chi connectivity index (χ0) is 14.5. The van der Waals surface area contributed by atoms with Crippen LogP contribution in [0.2, 0.25) is 0 Å².